The smallest absolute Gasteiger partial charge is 0.332 e. The lowest BCUT2D eigenvalue weighted by Crippen LogP contribution is -2.56. The maximum absolute atomic E-state index is 12.9. The molecule has 0 atom stereocenters. The third-order valence-electron chi connectivity index (χ3n) is 5.17. The first kappa shape index (κ1) is 19.2. The molecule has 0 radical (unpaired) electrons. The highest BCUT2D eigenvalue weighted by molar-refractivity contribution is 5.88. The third-order valence-corrected chi connectivity index (χ3v) is 5.17. The molecule has 4 nitrogen and oxygen atoms in total. The van der Waals surface area contributed by atoms with Crippen LogP contribution >= 0.6 is 0 Å². The lowest BCUT2D eigenvalue weighted by molar-refractivity contribution is -0.156. The van der Waals surface area contributed by atoms with Crippen LogP contribution in [0.15, 0.2) is 60.7 Å². The van der Waals surface area contributed by atoms with E-state index in [2.05, 4.69) is 5.32 Å². The van der Waals surface area contributed by atoms with Gasteiger partial charge in [-0.05, 0) is 30.4 Å². The van der Waals surface area contributed by atoms with Crippen LogP contribution in [0.3, 0.4) is 0 Å². The van der Waals surface area contributed by atoms with Gasteiger partial charge in [0.2, 0.25) is 5.91 Å². The van der Waals surface area contributed by atoms with Crippen LogP contribution in [0.1, 0.15) is 49.7 Å². The molecule has 1 aliphatic carbocycles. The van der Waals surface area contributed by atoms with Crippen molar-refractivity contribution in [1.29, 1.82) is 0 Å². The highest BCUT2D eigenvalue weighted by Crippen LogP contribution is 2.30. The number of amides is 1. The van der Waals surface area contributed by atoms with Crippen molar-refractivity contribution < 1.29 is 14.3 Å². The molecule has 1 amide bonds. The maximum Gasteiger partial charge on any atom is 0.332 e. The molecule has 0 aromatic heterocycles. The quantitative estimate of drug-likeness (QED) is 0.749. The molecule has 1 aliphatic rings. The van der Waals surface area contributed by atoms with Crippen LogP contribution in [0.25, 0.3) is 0 Å². The lowest BCUT2D eigenvalue weighted by atomic mass is 9.81. The number of aryl methyl sites for hydroxylation is 1. The average Bonchev–Trinajstić information content (AvgIpc) is 2.72. The zero-order valence-electron chi connectivity index (χ0n) is 15.7. The predicted molar refractivity (Wildman–Crippen MR) is 105 cm³/mol. The molecule has 27 heavy (non-hydrogen) atoms. The van der Waals surface area contributed by atoms with Gasteiger partial charge < -0.3 is 10.1 Å². The molecular weight excluding hydrogens is 338 g/mol. The number of ether oxygens (including phenoxy) is 1. The molecule has 0 heterocycles. The summed E-state index contributed by atoms with van der Waals surface area (Å²) in [4.78, 5) is 25.4. The number of nitrogens with one attached hydrogen (secondary N) is 1. The summed E-state index contributed by atoms with van der Waals surface area (Å²) >= 11 is 0. The van der Waals surface area contributed by atoms with E-state index in [9.17, 15) is 9.59 Å². The fourth-order valence-corrected chi connectivity index (χ4v) is 3.63. The summed E-state index contributed by atoms with van der Waals surface area (Å²) in [6, 6.07) is 19.6. The van der Waals surface area contributed by atoms with Gasteiger partial charge in [0, 0.05) is 6.42 Å². The summed E-state index contributed by atoms with van der Waals surface area (Å²) in [5, 5.41) is 3.03. The molecule has 1 N–H and O–H groups in total. The van der Waals surface area contributed by atoms with Crippen molar-refractivity contribution in [3.63, 3.8) is 0 Å². The zero-order valence-corrected chi connectivity index (χ0v) is 15.7. The van der Waals surface area contributed by atoms with E-state index < -0.39 is 5.54 Å². The van der Waals surface area contributed by atoms with Gasteiger partial charge in [0.1, 0.15) is 12.1 Å². The lowest BCUT2D eigenvalue weighted by Gasteiger charge is -2.35. The summed E-state index contributed by atoms with van der Waals surface area (Å²) in [5.41, 5.74) is 1.20. The number of esters is 1. The number of benzene rings is 2. The predicted octanol–water partition coefficient (Wildman–Crippen LogP) is 4.18. The van der Waals surface area contributed by atoms with E-state index in [0.29, 0.717) is 25.7 Å². The molecule has 1 fully saturated rings. The molecule has 0 bridgehead atoms. The molecule has 0 unspecified atom stereocenters. The standard InChI is InChI=1S/C23H27NO3/c25-21(15-14-19-10-4-1-5-11-19)24-23(16-8-3-9-17-23)22(26)27-18-20-12-6-2-7-13-20/h1-2,4-7,10-13H,3,8-9,14-18H2,(H,24,25). The van der Waals surface area contributed by atoms with Crippen molar-refractivity contribution >= 4 is 11.9 Å². The topological polar surface area (TPSA) is 55.4 Å². The summed E-state index contributed by atoms with van der Waals surface area (Å²) < 4.78 is 5.58. The monoisotopic (exact) mass is 365 g/mol. The van der Waals surface area contributed by atoms with E-state index in [1.165, 1.54) is 0 Å². The van der Waals surface area contributed by atoms with Gasteiger partial charge in [-0.2, -0.15) is 0 Å². The number of rotatable bonds is 7. The Morgan fingerprint density at radius 2 is 1.44 bits per heavy atom. The number of carbonyl (C=O) groups excluding carboxylic acids is 2. The SMILES string of the molecule is O=C(CCc1ccccc1)NC1(C(=O)OCc2ccccc2)CCCCC1. The van der Waals surface area contributed by atoms with E-state index in [4.69, 9.17) is 4.74 Å². The van der Waals surface area contributed by atoms with Crippen LogP contribution in [0, 0.1) is 0 Å². The van der Waals surface area contributed by atoms with Crippen LogP contribution in [-0.2, 0) is 27.4 Å². The Labute approximate surface area is 160 Å². The summed E-state index contributed by atoms with van der Waals surface area (Å²) in [5.74, 6) is -0.392. The van der Waals surface area contributed by atoms with Crippen molar-refractivity contribution in [1.82, 2.24) is 5.32 Å². The Kier molecular flexibility index (Phi) is 6.64. The Morgan fingerprint density at radius 1 is 0.852 bits per heavy atom. The molecule has 0 aliphatic heterocycles. The van der Waals surface area contributed by atoms with E-state index >= 15 is 0 Å². The molecule has 0 saturated heterocycles. The van der Waals surface area contributed by atoms with E-state index in [0.717, 1.165) is 30.4 Å². The Morgan fingerprint density at radius 3 is 2.07 bits per heavy atom. The third kappa shape index (κ3) is 5.43. The van der Waals surface area contributed by atoms with Crippen molar-refractivity contribution in [3.05, 3.63) is 71.8 Å². The van der Waals surface area contributed by atoms with E-state index in [-0.39, 0.29) is 18.5 Å². The van der Waals surface area contributed by atoms with E-state index in [1.807, 2.05) is 60.7 Å². The molecule has 2 aromatic rings. The fourth-order valence-electron chi connectivity index (χ4n) is 3.63. The highest BCUT2D eigenvalue weighted by Gasteiger charge is 2.42. The number of hydrogen-bond acceptors (Lipinski definition) is 3. The van der Waals surface area contributed by atoms with Gasteiger partial charge in [-0.3, -0.25) is 4.79 Å². The zero-order chi connectivity index (χ0) is 19.0. The van der Waals surface area contributed by atoms with Crippen molar-refractivity contribution in [2.24, 2.45) is 0 Å². The Bertz CT molecular complexity index is 737. The summed E-state index contributed by atoms with van der Waals surface area (Å²) in [6.07, 6.45) is 5.29. The second-order valence-electron chi connectivity index (χ2n) is 7.24. The van der Waals surface area contributed by atoms with Gasteiger partial charge in [-0.25, -0.2) is 4.79 Å². The molecular formula is C23H27NO3. The van der Waals surface area contributed by atoms with Crippen LogP contribution in [0.5, 0.6) is 0 Å². The molecule has 2 aromatic carbocycles. The summed E-state index contributed by atoms with van der Waals surface area (Å²) in [6.45, 7) is 0.237. The fraction of sp³-hybridized carbons (Fsp3) is 0.391. The summed E-state index contributed by atoms with van der Waals surface area (Å²) in [7, 11) is 0. The van der Waals surface area contributed by atoms with Gasteiger partial charge in [0.25, 0.3) is 0 Å². The maximum atomic E-state index is 12.9. The van der Waals surface area contributed by atoms with Gasteiger partial charge >= 0.3 is 5.97 Å². The van der Waals surface area contributed by atoms with Crippen LogP contribution in [0.4, 0.5) is 0 Å². The minimum atomic E-state index is -0.874. The van der Waals surface area contributed by atoms with Gasteiger partial charge in [0.05, 0.1) is 0 Å². The molecule has 142 valence electrons. The normalized spacial score (nSPS) is 15.7. The van der Waals surface area contributed by atoms with Crippen LogP contribution in [0.2, 0.25) is 0 Å². The van der Waals surface area contributed by atoms with Gasteiger partial charge in [-0.1, -0.05) is 79.9 Å². The van der Waals surface area contributed by atoms with Crippen LogP contribution < -0.4 is 5.32 Å². The number of carbonyl (C=O) groups is 2. The Hall–Kier alpha value is -2.62. The molecule has 1 saturated carbocycles. The Balaban J connectivity index is 1.59. The minimum Gasteiger partial charge on any atom is -0.459 e. The molecule has 3 rings (SSSR count). The van der Waals surface area contributed by atoms with Crippen molar-refractivity contribution in [2.45, 2.75) is 57.1 Å². The first-order chi connectivity index (χ1) is 13.2. The van der Waals surface area contributed by atoms with Gasteiger partial charge in [-0.15, -0.1) is 0 Å². The average molecular weight is 365 g/mol. The highest BCUT2D eigenvalue weighted by atomic mass is 16.5. The largest absolute Gasteiger partial charge is 0.459 e. The second kappa shape index (κ2) is 9.36. The minimum absolute atomic E-state index is 0.0857. The number of hydrogen-bond donors (Lipinski definition) is 1. The van der Waals surface area contributed by atoms with Crippen LogP contribution in [-0.4, -0.2) is 17.4 Å². The first-order valence-corrected chi connectivity index (χ1v) is 9.74. The molecule has 4 heteroatoms. The van der Waals surface area contributed by atoms with E-state index in [1.54, 1.807) is 0 Å². The second-order valence-corrected chi connectivity index (χ2v) is 7.24. The first-order valence-electron chi connectivity index (χ1n) is 9.74. The molecule has 0 spiro atoms. The van der Waals surface area contributed by atoms with Crippen molar-refractivity contribution in [2.75, 3.05) is 0 Å². The van der Waals surface area contributed by atoms with Gasteiger partial charge in [0.15, 0.2) is 0 Å². The van der Waals surface area contributed by atoms with Crippen molar-refractivity contribution in [3.8, 4) is 0 Å².